The molecule has 2 aliphatic rings. The maximum atomic E-state index is 13.6. The summed E-state index contributed by atoms with van der Waals surface area (Å²) in [6.45, 7) is 0.894. The number of hydrogen-bond acceptors (Lipinski definition) is 5. The molecule has 2 rings (SSSR count). The van der Waals surface area contributed by atoms with Crippen LogP contribution in [-0.4, -0.2) is 65.3 Å². The molecule has 0 aromatic rings. The highest BCUT2D eigenvalue weighted by atomic mass is 35.5. The van der Waals surface area contributed by atoms with Gasteiger partial charge in [-0.3, -0.25) is 15.0 Å². The van der Waals surface area contributed by atoms with Crippen LogP contribution in [0.1, 0.15) is 13.3 Å². The second-order valence-electron chi connectivity index (χ2n) is 4.89. The van der Waals surface area contributed by atoms with Crippen molar-refractivity contribution in [2.45, 2.75) is 43.0 Å². The summed E-state index contributed by atoms with van der Waals surface area (Å²) in [4.78, 5) is 23.2. The van der Waals surface area contributed by atoms with E-state index in [-0.39, 0.29) is 6.42 Å². The lowest BCUT2D eigenvalue weighted by atomic mass is 10.0. The number of aliphatic hydroxyl groups excluding tert-OH is 1. The Kier molecular flexibility index (Phi) is 4.19. The number of carbonyl (C=O) groups excluding carboxylic acids is 2. The van der Waals surface area contributed by atoms with Crippen molar-refractivity contribution in [3.8, 4) is 0 Å². The number of methoxy groups -OCH3 is 1. The molecule has 0 aromatic heterocycles. The van der Waals surface area contributed by atoms with Crippen molar-refractivity contribution in [1.29, 1.82) is 0 Å². The number of ether oxygens (including phenoxy) is 2. The number of carbonyl (C=O) groups is 2. The van der Waals surface area contributed by atoms with Gasteiger partial charge >= 0.3 is 6.03 Å². The number of amides is 3. The molecule has 0 radical (unpaired) electrons. The van der Waals surface area contributed by atoms with Crippen molar-refractivity contribution in [2.24, 2.45) is 0 Å². The highest BCUT2D eigenvalue weighted by molar-refractivity contribution is 6.36. The quantitative estimate of drug-likeness (QED) is 0.714. The largest absolute Gasteiger partial charge is 0.394 e. The number of imide groups is 1. The van der Waals surface area contributed by atoms with E-state index >= 15 is 0 Å². The first kappa shape index (κ1) is 15.4. The number of hydrogen-bond donors (Lipinski definition) is 2. The smallest absolute Gasteiger partial charge is 0.328 e. The Labute approximate surface area is 119 Å². The number of nitrogens with zero attached hydrogens (tertiary/aromatic N) is 1. The zero-order valence-electron chi connectivity index (χ0n) is 11.0. The van der Waals surface area contributed by atoms with E-state index < -0.39 is 48.2 Å². The number of halogens is 2. The van der Waals surface area contributed by atoms with Gasteiger partial charge in [-0.1, -0.05) is 0 Å². The molecule has 2 fully saturated rings. The van der Waals surface area contributed by atoms with Crippen LogP contribution in [0.15, 0.2) is 0 Å². The minimum atomic E-state index is -1.52. The molecule has 0 saturated carbocycles. The SMILES string of the molecule is CO[C@H]1N([C@H]2C[C@H](F)[C@@H](CO)O2)C(=O)NC(=O)[C@@]1(C)Cl. The second-order valence-corrected chi connectivity index (χ2v) is 5.68. The van der Waals surface area contributed by atoms with Crippen LogP contribution >= 0.6 is 11.6 Å². The molecule has 2 aliphatic heterocycles. The average Bonchev–Trinajstić information content (AvgIpc) is 2.74. The molecule has 0 bridgehead atoms. The van der Waals surface area contributed by atoms with Crippen molar-refractivity contribution in [2.75, 3.05) is 13.7 Å². The summed E-state index contributed by atoms with van der Waals surface area (Å²) < 4.78 is 24.0. The first-order valence-corrected chi connectivity index (χ1v) is 6.46. The number of urea groups is 1. The van der Waals surface area contributed by atoms with Crippen LogP contribution in [0.3, 0.4) is 0 Å². The van der Waals surface area contributed by atoms with Gasteiger partial charge in [-0.05, 0) is 6.92 Å². The van der Waals surface area contributed by atoms with Crippen molar-refractivity contribution < 1.29 is 28.6 Å². The summed E-state index contributed by atoms with van der Waals surface area (Å²) >= 11 is 6.10. The van der Waals surface area contributed by atoms with Crippen LogP contribution in [0.2, 0.25) is 0 Å². The highest BCUT2D eigenvalue weighted by Gasteiger charge is 2.54. The zero-order valence-corrected chi connectivity index (χ0v) is 11.8. The van der Waals surface area contributed by atoms with Gasteiger partial charge < -0.3 is 14.6 Å². The Bertz CT molecular complexity index is 422. The highest BCUT2D eigenvalue weighted by Crippen LogP contribution is 2.34. The van der Waals surface area contributed by atoms with E-state index in [0.29, 0.717) is 0 Å². The van der Waals surface area contributed by atoms with Crippen LogP contribution in [0.4, 0.5) is 9.18 Å². The summed E-state index contributed by atoms with van der Waals surface area (Å²) in [5, 5.41) is 11.1. The summed E-state index contributed by atoms with van der Waals surface area (Å²) in [5.41, 5.74) is 0. The van der Waals surface area contributed by atoms with E-state index in [2.05, 4.69) is 5.32 Å². The molecule has 9 heteroatoms. The van der Waals surface area contributed by atoms with E-state index in [9.17, 15) is 14.0 Å². The van der Waals surface area contributed by atoms with E-state index in [1.54, 1.807) is 0 Å². The topological polar surface area (TPSA) is 88.1 Å². The fourth-order valence-electron chi connectivity index (χ4n) is 2.40. The Morgan fingerprint density at radius 2 is 2.30 bits per heavy atom. The summed E-state index contributed by atoms with van der Waals surface area (Å²) in [6, 6.07) is -0.768. The maximum absolute atomic E-state index is 13.6. The van der Waals surface area contributed by atoms with Gasteiger partial charge in [0.05, 0.1) is 6.61 Å². The van der Waals surface area contributed by atoms with Gasteiger partial charge in [0.25, 0.3) is 5.91 Å². The van der Waals surface area contributed by atoms with Gasteiger partial charge in [-0.25, -0.2) is 9.18 Å². The van der Waals surface area contributed by atoms with Gasteiger partial charge in [0, 0.05) is 13.5 Å². The predicted molar refractivity (Wildman–Crippen MR) is 65.7 cm³/mol. The zero-order chi connectivity index (χ0) is 15.1. The molecule has 0 aliphatic carbocycles. The standard InChI is InChI=1S/C11H16ClFN2O5/c1-11(12)8(17)14-10(18)15(9(11)19-2)7-3-5(13)6(4-16)20-7/h5-7,9,16H,3-4H2,1-2H3,(H,14,17,18)/t5-,6+,7+,9+,11+/m0/s1. The van der Waals surface area contributed by atoms with Crippen molar-refractivity contribution in [1.82, 2.24) is 10.2 Å². The van der Waals surface area contributed by atoms with E-state index in [4.69, 9.17) is 26.2 Å². The minimum absolute atomic E-state index is 0.125. The summed E-state index contributed by atoms with van der Waals surface area (Å²) in [6.07, 6.45) is -4.60. The normalized spacial score (nSPS) is 42.0. The minimum Gasteiger partial charge on any atom is -0.394 e. The third kappa shape index (κ3) is 2.37. The Balaban J connectivity index is 2.25. The number of rotatable bonds is 3. The number of alkyl halides is 2. The molecular formula is C11H16ClFN2O5. The van der Waals surface area contributed by atoms with Crippen LogP contribution in [0.5, 0.6) is 0 Å². The van der Waals surface area contributed by atoms with E-state index in [0.717, 1.165) is 4.90 Å². The van der Waals surface area contributed by atoms with Crippen LogP contribution in [0.25, 0.3) is 0 Å². The van der Waals surface area contributed by atoms with Gasteiger partial charge in [-0.2, -0.15) is 0 Å². The molecule has 114 valence electrons. The van der Waals surface area contributed by atoms with Crippen LogP contribution < -0.4 is 5.32 Å². The monoisotopic (exact) mass is 310 g/mol. The van der Waals surface area contributed by atoms with Crippen LogP contribution in [-0.2, 0) is 14.3 Å². The first-order valence-electron chi connectivity index (χ1n) is 6.08. The molecular weight excluding hydrogens is 295 g/mol. The average molecular weight is 311 g/mol. The fourth-order valence-corrected chi connectivity index (χ4v) is 2.65. The molecule has 2 saturated heterocycles. The Morgan fingerprint density at radius 1 is 1.65 bits per heavy atom. The first-order chi connectivity index (χ1) is 9.32. The van der Waals surface area contributed by atoms with Crippen LogP contribution in [0, 0.1) is 0 Å². The Hall–Kier alpha value is -0.960. The Morgan fingerprint density at radius 3 is 2.80 bits per heavy atom. The lowest BCUT2D eigenvalue weighted by Gasteiger charge is -2.44. The maximum Gasteiger partial charge on any atom is 0.328 e. The molecule has 7 nitrogen and oxygen atoms in total. The van der Waals surface area contributed by atoms with Gasteiger partial charge in [0.1, 0.15) is 18.5 Å². The van der Waals surface area contributed by atoms with Gasteiger partial charge in [-0.15, -0.1) is 11.6 Å². The molecule has 5 atom stereocenters. The molecule has 2 N–H and O–H groups in total. The van der Waals surface area contributed by atoms with Crippen molar-refractivity contribution in [3.63, 3.8) is 0 Å². The number of aliphatic hydroxyl groups is 1. The molecule has 3 amide bonds. The summed E-state index contributed by atoms with van der Waals surface area (Å²) in [7, 11) is 1.29. The number of nitrogens with one attached hydrogen (secondary N) is 1. The molecule has 0 aromatic carbocycles. The van der Waals surface area contributed by atoms with E-state index in [1.807, 2.05) is 0 Å². The molecule has 0 unspecified atom stereocenters. The van der Waals surface area contributed by atoms with Gasteiger partial charge in [0.15, 0.2) is 11.1 Å². The lowest BCUT2D eigenvalue weighted by molar-refractivity contribution is -0.155. The summed E-state index contributed by atoms with van der Waals surface area (Å²) in [5.74, 6) is -0.694. The fraction of sp³-hybridized carbons (Fsp3) is 0.818. The third-order valence-electron chi connectivity index (χ3n) is 3.49. The lowest BCUT2D eigenvalue weighted by Crippen LogP contribution is -2.69. The van der Waals surface area contributed by atoms with Crippen molar-refractivity contribution >= 4 is 23.5 Å². The second kappa shape index (κ2) is 5.44. The third-order valence-corrected chi connectivity index (χ3v) is 3.85. The molecule has 2 heterocycles. The van der Waals surface area contributed by atoms with E-state index in [1.165, 1.54) is 14.0 Å². The van der Waals surface area contributed by atoms with Gasteiger partial charge in [0.2, 0.25) is 0 Å². The molecule has 0 spiro atoms. The predicted octanol–water partition coefficient (Wildman–Crippen LogP) is -0.0464. The molecule has 20 heavy (non-hydrogen) atoms. The van der Waals surface area contributed by atoms with Crippen molar-refractivity contribution in [3.05, 3.63) is 0 Å².